The quantitative estimate of drug-likeness (QED) is 0.816. The van der Waals surface area contributed by atoms with Gasteiger partial charge in [-0.25, -0.2) is 13.1 Å². The summed E-state index contributed by atoms with van der Waals surface area (Å²) in [6, 6.07) is 1.63. The van der Waals surface area contributed by atoms with Crippen LogP contribution in [0, 0.1) is 5.92 Å². The molecule has 0 amide bonds. The lowest BCUT2D eigenvalue weighted by Gasteiger charge is -2.14. The van der Waals surface area contributed by atoms with Crippen LogP contribution in [0.2, 0.25) is 0 Å². The Hall–Kier alpha value is -0.470. The van der Waals surface area contributed by atoms with E-state index in [4.69, 9.17) is 5.73 Å². The number of nitrogens with one attached hydrogen (secondary N) is 1. The summed E-state index contributed by atoms with van der Waals surface area (Å²) in [5.74, 6) is 0.412. The highest BCUT2D eigenvalue weighted by Crippen LogP contribution is 2.22. The van der Waals surface area contributed by atoms with Gasteiger partial charge in [-0.3, -0.25) is 0 Å². The number of thiophene rings is 1. The first-order valence-corrected chi connectivity index (χ1v) is 8.91. The highest BCUT2D eigenvalue weighted by molar-refractivity contribution is 7.89. The van der Waals surface area contributed by atoms with Gasteiger partial charge in [0.15, 0.2) is 0 Å². The van der Waals surface area contributed by atoms with Crippen molar-refractivity contribution in [2.45, 2.75) is 24.8 Å². The van der Waals surface area contributed by atoms with E-state index in [0.717, 1.165) is 26.1 Å². The molecule has 0 bridgehead atoms. The molecule has 0 radical (unpaired) electrons. The van der Waals surface area contributed by atoms with Crippen LogP contribution in [-0.2, 0) is 16.6 Å². The third kappa shape index (κ3) is 3.55. The van der Waals surface area contributed by atoms with E-state index in [1.807, 2.05) is 0 Å². The van der Waals surface area contributed by atoms with Crippen molar-refractivity contribution in [1.82, 2.24) is 9.62 Å². The fourth-order valence-corrected chi connectivity index (χ4v) is 4.84. The number of rotatable bonds is 6. The molecule has 19 heavy (non-hydrogen) atoms. The molecule has 5 nitrogen and oxygen atoms in total. The molecule has 1 aromatic heterocycles. The fraction of sp³-hybridized carbons (Fsp3) is 0.667. The van der Waals surface area contributed by atoms with Gasteiger partial charge in [0.05, 0.1) is 4.90 Å². The van der Waals surface area contributed by atoms with Crippen LogP contribution in [0.25, 0.3) is 0 Å². The molecule has 1 saturated heterocycles. The largest absolute Gasteiger partial charge is 0.326 e. The van der Waals surface area contributed by atoms with Gasteiger partial charge in [-0.15, -0.1) is 11.3 Å². The maximum absolute atomic E-state index is 12.2. The van der Waals surface area contributed by atoms with E-state index in [9.17, 15) is 8.42 Å². The van der Waals surface area contributed by atoms with Crippen LogP contribution in [0.15, 0.2) is 16.3 Å². The van der Waals surface area contributed by atoms with Gasteiger partial charge in [0.25, 0.3) is 0 Å². The van der Waals surface area contributed by atoms with Gasteiger partial charge in [0.2, 0.25) is 10.0 Å². The highest BCUT2D eigenvalue weighted by Gasteiger charge is 2.24. The lowest BCUT2D eigenvalue weighted by atomic mass is 10.1. The summed E-state index contributed by atoms with van der Waals surface area (Å²) >= 11 is 1.39. The predicted octanol–water partition coefficient (Wildman–Crippen LogP) is 0.827. The first-order valence-electron chi connectivity index (χ1n) is 6.55. The molecule has 1 fully saturated rings. The molecule has 2 rings (SSSR count). The van der Waals surface area contributed by atoms with Crippen molar-refractivity contribution in [2.75, 3.05) is 26.2 Å². The lowest BCUT2D eigenvalue weighted by molar-refractivity contribution is 0.342. The van der Waals surface area contributed by atoms with Crippen LogP contribution in [0.1, 0.15) is 18.2 Å². The standard InChI is InChI=1S/C12H21N3O2S2/c1-2-15-5-3-10(9-15)8-14-19(16,17)12-4-6-18-11(12)7-13/h4,6,10,14H,2-3,5,7-9,13H2,1H3. The smallest absolute Gasteiger partial charge is 0.241 e. The molecule has 2 heterocycles. The van der Waals surface area contributed by atoms with Crippen LogP contribution in [0.3, 0.4) is 0 Å². The molecular weight excluding hydrogens is 282 g/mol. The van der Waals surface area contributed by atoms with Crippen LogP contribution in [0.4, 0.5) is 0 Å². The first-order chi connectivity index (χ1) is 9.06. The van der Waals surface area contributed by atoms with E-state index in [1.165, 1.54) is 11.3 Å². The zero-order valence-electron chi connectivity index (χ0n) is 11.1. The zero-order chi connectivity index (χ0) is 13.9. The molecule has 7 heteroatoms. The summed E-state index contributed by atoms with van der Waals surface area (Å²) in [5, 5.41) is 1.77. The second kappa shape index (κ2) is 6.32. The van der Waals surface area contributed by atoms with Crippen molar-refractivity contribution in [3.8, 4) is 0 Å². The third-order valence-electron chi connectivity index (χ3n) is 3.56. The molecular formula is C12H21N3O2S2. The summed E-state index contributed by atoms with van der Waals surface area (Å²) in [6.45, 7) is 5.98. The number of nitrogens with two attached hydrogens (primary N) is 1. The number of hydrogen-bond acceptors (Lipinski definition) is 5. The van der Waals surface area contributed by atoms with E-state index in [1.54, 1.807) is 11.4 Å². The average Bonchev–Trinajstić information content (AvgIpc) is 3.05. The Morgan fingerprint density at radius 2 is 2.37 bits per heavy atom. The van der Waals surface area contributed by atoms with Gasteiger partial charge in [0, 0.05) is 24.5 Å². The van der Waals surface area contributed by atoms with Gasteiger partial charge < -0.3 is 10.6 Å². The normalized spacial score (nSPS) is 21.1. The zero-order valence-corrected chi connectivity index (χ0v) is 12.8. The minimum Gasteiger partial charge on any atom is -0.326 e. The van der Waals surface area contributed by atoms with Gasteiger partial charge in [0.1, 0.15) is 0 Å². The molecule has 0 spiro atoms. The van der Waals surface area contributed by atoms with Crippen LogP contribution in [-0.4, -0.2) is 39.5 Å². The third-order valence-corrected chi connectivity index (χ3v) is 6.14. The minimum atomic E-state index is -3.41. The van der Waals surface area contributed by atoms with Gasteiger partial charge >= 0.3 is 0 Å². The highest BCUT2D eigenvalue weighted by atomic mass is 32.2. The monoisotopic (exact) mass is 303 g/mol. The maximum atomic E-state index is 12.2. The minimum absolute atomic E-state index is 0.265. The Kier molecular flexibility index (Phi) is 4.97. The molecule has 1 unspecified atom stereocenters. The Bertz CT molecular complexity index is 513. The van der Waals surface area contributed by atoms with Gasteiger partial charge in [-0.05, 0) is 36.9 Å². The SMILES string of the molecule is CCN1CCC(CNS(=O)(=O)c2ccsc2CN)C1. The molecule has 1 atom stereocenters. The number of hydrogen-bond donors (Lipinski definition) is 2. The Balaban J connectivity index is 1.95. The lowest BCUT2D eigenvalue weighted by Crippen LogP contribution is -2.31. The van der Waals surface area contributed by atoms with Crippen molar-refractivity contribution in [3.63, 3.8) is 0 Å². The molecule has 0 aliphatic carbocycles. The second-order valence-electron chi connectivity index (χ2n) is 4.81. The van der Waals surface area contributed by atoms with Crippen LogP contribution >= 0.6 is 11.3 Å². The Morgan fingerprint density at radius 1 is 1.58 bits per heavy atom. The van der Waals surface area contributed by atoms with Crippen molar-refractivity contribution >= 4 is 21.4 Å². The topological polar surface area (TPSA) is 75.4 Å². The Labute approximate surface area is 118 Å². The summed E-state index contributed by atoms with van der Waals surface area (Å²) in [4.78, 5) is 3.40. The average molecular weight is 303 g/mol. The number of sulfonamides is 1. The Morgan fingerprint density at radius 3 is 3.00 bits per heavy atom. The molecule has 108 valence electrons. The number of nitrogens with zero attached hydrogens (tertiary/aromatic N) is 1. The summed E-state index contributed by atoms with van der Waals surface area (Å²) in [5.41, 5.74) is 5.56. The van der Waals surface area contributed by atoms with E-state index in [0.29, 0.717) is 22.2 Å². The summed E-state index contributed by atoms with van der Waals surface area (Å²) in [7, 11) is -3.41. The summed E-state index contributed by atoms with van der Waals surface area (Å²) in [6.07, 6.45) is 1.06. The van der Waals surface area contributed by atoms with Gasteiger partial charge in [-0.1, -0.05) is 6.92 Å². The van der Waals surface area contributed by atoms with Crippen molar-refractivity contribution in [1.29, 1.82) is 0 Å². The molecule has 0 saturated carbocycles. The first kappa shape index (κ1) is 14.9. The summed E-state index contributed by atoms with van der Waals surface area (Å²) < 4.78 is 27.1. The maximum Gasteiger partial charge on any atom is 0.241 e. The van der Waals surface area contributed by atoms with Crippen molar-refractivity contribution in [2.24, 2.45) is 11.7 Å². The molecule has 1 aliphatic rings. The van der Waals surface area contributed by atoms with E-state index in [2.05, 4.69) is 16.5 Å². The molecule has 1 aromatic rings. The van der Waals surface area contributed by atoms with Crippen LogP contribution in [0.5, 0.6) is 0 Å². The van der Waals surface area contributed by atoms with E-state index < -0.39 is 10.0 Å². The van der Waals surface area contributed by atoms with Gasteiger partial charge in [-0.2, -0.15) is 0 Å². The van der Waals surface area contributed by atoms with Crippen LogP contribution < -0.4 is 10.5 Å². The van der Waals surface area contributed by atoms with E-state index in [-0.39, 0.29) is 6.54 Å². The van der Waals surface area contributed by atoms with Crippen molar-refractivity contribution < 1.29 is 8.42 Å². The second-order valence-corrected chi connectivity index (χ2v) is 7.55. The number of likely N-dealkylation sites (tertiary alicyclic amines) is 1. The van der Waals surface area contributed by atoms with E-state index >= 15 is 0 Å². The molecule has 0 aromatic carbocycles. The fourth-order valence-electron chi connectivity index (χ4n) is 2.39. The molecule has 1 aliphatic heterocycles. The predicted molar refractivity (Wildman–Crippen MR) is 77.6 cm³/mol. The molecule has 3 N–H and O–H groups in total. The van der Waals surface area contributed by atoms with Crippen molar-refractivity contribution in [3.05, 3.63) is 16.3 Å².